The van der Waals surface area contributed by atoms with Gasteiger partial charge in [0.05, 0.1) is 5.02 Å². The van der Waals surface area contributed by atoms with Crippen molar-refractivity contribution >= 4 is 11.6 Å². The fraction of sp³-hybridized carbons (Fsp3) is 0.294. The Labute approximate surface area is 123 Å². The molecule has 0 saturated carbocycles. The fourth-order valence-corrected chi connectivity index (χ4v) is 3.16. The van der Waals surface area contributed by atoms with E-state index >= 15 is 0 Å². The summed E-state index contributed by atoms with van der Waals surface area (Å²) >= 11 is 5.75. The zero-order valence-electron chi connectivity index (χ0n) is 11.4. The summed E-state index contributed by atoms with van der Waals surface area (Å²) < 4.78 is 13.6. The molecule has 104 valence electrons. The summed E-state index contributed by atoms with van der Waals surface area (Å²) in [6, 6.07) is 13.6. The minimum atomic E-state index is -0.337. The van der Waals surface area contributed by atoms with Gasteiger partial charge in [0.2, 0.25) is 0 Å². The van der Waals surface area contributed by atoms with Gasteiger partial charge in [-0.1, -0.05) is 41.9 Å². The summed E-state index contributed by atoms with van der Waals surface area (Å²) in [7, 11) is 0. The van der Waals surface area contributed by atoms with Gasteiger partial charge in [-0.15, -0.1) is 0 Å². The molecule has 3 heteroatoms. The Bertz CT molecular complexity index is 635. The van der Waals surface area contributed by atoms with Crippen LogP contribution in [-0.2, 0) is 11.8 Å². The lowest BCUT2D eigenvalue weighted by Gasteiger charge is -2.44. The zero-order chi connectivity index (χ0) is 14.2. The Kier molecular flexibility index (Phi) is 3.53. The molecule has 2 aromatic carbocycles. The summed E-state index contributed by atoms with van der Waals surface area (Å²) in [5, 5.41) is 3.54. The molecule has 0 amide bonds. The number of aryl methyl sites for hydroxylation is 1. The fourth-order valence-electron chi connectivity index (χ4n) is 3.05. The van der Waals surface area contributed by atoms with Crippen LogP contribution < -0.4 is 5.32 Å². The predicted octanol–water partition coefficient (Wildman–Crippen LogP) is 3.87. The first kappa shape index (κ1) is 13.6. The molecular formula is C17H17ClFN. The third-order valence-corrected chi connectivity index (χ3v) is 4.48. The highest BCUT2D eigenvalue weighted by molar-refractivity contribution is 6.30. The van der Waals surface area contributed by atoms with E-state index in [0.29, 0.717) is 0 Å². The van der Waals surface area contributed by atoms with Gasteiger partial charge < -0.3 is 5.32 Å². The molecule has 0 spiro atoms. The maximum Gasteiger partial charge on any atom is 0.142 e. The van der Waals surface area contributed by atoms with Gasteiger partial charge in [-0.25, -0.2) is 4.39 Å². The highest BCUT2D eigenvalue weighted by atomic mass is 35.5. The van der Waals surface area contributed by atoms with Crippen molar-refractivity contribution in [3.8, 4) is 0 Å². The predicted molar refractivity (Wildman–Crippen MR) is 80.8 cm³/mol. The van der Waals surface area contributed by atoms with Crippen LogP contribution in [0.4, 0.5) is 4.39 Å². The van der Waals surface area contributed by atoms with Crippen LogP contribution in [0.3, 0.4) is 0 Å². The summed E-state index contributed by atoms with van der Waals surface area (Å²) in [5.41, 5.74) is 3.72. The lowest BCUT2D eigenvalue weighted by atomic mass is 9.69. The van der Waals surface area contributed by atoms with Crippen molar-refractivity contribution in [2.24, 2.45) is 0 Å². The van der Waals surface area contributed by atoms with Gasteiger partial charge in [-0.3, -0.25) is 0 Å². The van der Waals surface area contributed by atoms with Crippen LogP contribution in [0.25, 0.3) is 0 Å². The summed E-state index contributed by atoms with van der Waals surface area (Å²) in [6.45, 7) is 4.00. The van der Waals surface area contributed by atoms with Crippen molar-refractivity contribution in [3.05, 3.63) is 70.0 Å². The first-order valence-electron chi connectivity index (χ1n) is 6.81. The SMILES string of the molecule is Cc1ccccc1C1(Cc2ccc(Cl)c(F)c2)CNC1. The Balaban J connectivity index is 1.94. The number of rotatable bonds is 3. The summed E-state index contributed by atoms with van der Waals surface area (Å²) in [6.07, 6.45) is 0.832. The van der Waals surface area contributed by atoms with Crippen LogP contribution in [0.5, 0.6) is 0 Å². The maximum absolute atomic E-state index is 13.6. The van der Waals surface area contributed by atoms with Crippen LogP contribution in [0.1, 0.15) is 16.7 Å². The van der Waals surface area contributed by atoms with Gasteiger partial charge in [0, 0.05) is 18.5 Å². The van der Waals surface area contributed by atoms with E-state index in [2.05, 4.69) is 36.5 Å². The zero-order valence-corrected chi connectivity index (χ0v) is 12.2. The normalized spacial score (nSPS) is 16.8. The highest BCUT2D eigenvalue weighted by Crippen LogP contribution is 2.35. The van der Waals surface area contributed by atoms with E-state index in [1.165, 1.54) is 11.1 Å². The topological polar surface area (TPSA) is 12.0 Å². The molecule has 1 aliphatic heterocycles. The molecule has 20 heavy (non-hydrogen) atoms. The van der Waals surface area contributed by atoms with Gasteiger partial charge in [0.25, 0.3) is 0 Å². The molecule has 0 bridgehead atoms. The quantitative estimate of drug-likeness (QED) is 0.904. The lowest BCUT2D eigenvalue weighted by molar-refractivity contribution is 0.273. The van der Waals surface area contributed by atoms with Crippen molar-refractivity contribution in [2.75, 3.05) is 13.1 Å². The molecule has 0 aromatic heterocycles. The van der Waals surface area contributed by atoms with Crippen LogP contribution in [-0.4, -0.2) is 13.1 Å². The molecule has 1 saturated heterocycles. The third-order valence-electron chi connectivity index (χ3n) is 4.17. The van der Waals surface area contributed by atoms with E-state index < -0.39 is 0 Å². The van der Waals surface area contributed by atoms with Crippen molar-refractivity contribution < 1.29 is 4.39 Å². The Morgan fingerprint density at radius 2 is 1.95 bits per heavy atom. The first-order chi connectivity index (χ1) is 9.61. The first-order valence-corrected chi connectivity index (χ1v) is 7.19. The van der Waals surface area contributed by atoms with Crippen molar-refractivity contribution in [1.82, 2.24) is 5.32 Å². The molecule has 0 unspecified atom stereocenters. The van der Waals surface area contributed by atoms with E-state index in [-0.39, 0.29) is 16.3 Å². The number of nitrogens with one attached hydrogen (secondary N) is 1. The summed E-state index contributed by atoms with van der Waals surface area (Å²) in [4.78, 5) is 0. The van der Waals surface area contributed by atoms with Crippen molar-refractivity contribution in [2.45, 2.75) is 18.8 Å². The average Bonchev–Trinajstić information content (AvgIpc) is 2.39. The summed E-state index contributed by atoms with van der Waals surface area (Å²) in [5.74, 6) is -0.337. The molecule has 0 radical (unpaired) electrons. The molecule has 2 aromatic rings. The number of hydrogen-bond donors (Lipinski definition) is 1. The average molecular weight is 290 g/mol. The van der Waals surface area contributed by atoms with Gasteiger partial charge in [-0.2, -0.15) is 0 Å². The minimum absolute atomic E-state index is 0.0750. The molecule has 1 fully saturated rings. The number of benzene rings is 2. The molecule has 1 nitrogen and oxygen atoms in total. The third kappa shape index (κ3) is 2.34. The molecule has 3 rings (SSSR count). The van der Waals surface area contributed by atoms with E-state index in [0.717, 1.165) is 25.1 Å². The second-order valence-corrected chi connectivity index (χ2v) is 6.03. The van der Waals surface area contributed by atoms with E-state index in [4.69, 9.17) is 11.6 Å². The Morgan fingerprint density at radius 3 is 2.55 bits per heavy atom. The van der Waals surface area contributed by atoms with Gasteiger partial charge >= 0.3 is 0 Å². The number of halogens is 2. The molecule has 0 atom stereocenters. The second-order valence-electron chi connectivity index (χ2n) is 5.62. The van der Waals surface area contributed by atoms with E-state index in [1.54, 1.807) is 12.1 Å². The van der Waals surface area contributed by atoms with E-state index in [9.17, 15) is 4.39 Å². The standard InChI is InChI=1S/C17H17ClFN/c1-12-4-2-3-5-14(12)17(10-20-11-17)9-13-6-7-15(18)16(19)8-13/h2-8,20H,9-11H2,1H3. The van der Waals surface area contributed by atoms with Crippen LogP contribution in [0, 0.1) is 12.7 Å². The van der Waals surface area contributed by atoms with Crippen LogP contribution in [0.2, 0.25) is 5.02 Å². The Hall–Kier alpha value is -1.38. The van der Waals surface area contributed by atoms with Crippen molar-refractivity contribution in [3.63, 3.8) is 0 Å². The lowest BCUT2D eigenvalue weighted by Crippen LogP contribution is -2.58. The molecule has 0 aliphatic carbocycles. The molecule has 1 heterocycles. The van der Waals surface area contributed by atoms with Gasteiger partial charge in [0.1, 0.15) is 5.82 Å². The van der Waals surface area contributed by atoms with Gasteiger partial charge in [0.15, 0.2) is 0 Å². The monoisotopic (exact) mass is 289 g/mol. The Morgan fingerprint density at radius 1 is 1.20 bits per heavy atom. The molecule has 1 aliphatic rings. The highest BCUT2D eigenvalue weighted by Gasteiger charge is 2.39. The van der Waals surface area contributed by atoms with Crippen molar-refractivity contribution in [1.29, 1.82) is 0 Å². The van der Waals surface area contributed by atoms with Crippen LogP contribution >= 0.6 is 11.6 Å². The van der Waals surface area contributed by atoms with Crippen LogP contribution in [0.15, 0.2) is 42.5 Å². The molecular weight excluding hydrogens is 273 g/mol. The number of hydrogen-bond acceptors (Lipinski definition) is 1. The minimum Gasteiger partial charge on any atom is -0.315 e. The van der Waals surface area contributed by atoms with E-state index in [1.807, 2.05) is 6.07 Å². The van der Waals surface area contributed by atoms with Gasteiger partial charge in [-0.05, 0) is 42.2 Å². The smallest absolute Gasteiger partial charge is 0.142 e. The largest absolute Gasteiger partial charge is 0.315 e. The second kappa shape index (κ2) is 5.19. The molecule has 1 N–H and O–H groups in total. The maximum atomic E-state index is 13.6.